The number of thioether (sulfide) groups is 1. The van der Waals surface area contributed by atoms with Gasteiger partial charge in [-0.05, 0) is 37.7 Å². The Morgan fingerprint density at radius 2 is 1.83 bits per heavy atom. The number of carboxylic acid groups (broad SMARTS) is 1. The summed E-state index contributed by atoms with van der Waals surface area (Å²) in [5.74, 6) is -1.80. The zero-order chi connectivity index (χ0) is 21.7. The lowest BCUT2D eigenvalue weighted by molar-refractivity contribution is -0.174. The van der Waals surface area contributed by atoms with E-state index in [1.165, 1.54) is 11.9 Å². The van der Waals surface area contributed by atoms with Gasteiger partial charge in [0, 0.05) is 20.0 Å². The zero-order valence-corrected chi connectivity index (χ0v) is 17.8. The molecule has 0 spiro atoms. The number of hydrogen-bond donors (Lipinski definition) is 2. The Balaban J connectivity index is 1.74. The molecule has 3 atom stereocenters. The van der Waals surface area contributed by atoms with Gasteiger partial charge in [-0.15, -0.1) is 0 Å². The van der Waals surface area contributed by atoms with Crippen molar-refractivity contribution >= 4 is 34.7 Å². The summed E-state index contributed by atoms with van der Waals surface area (Å²) >= 11 is 0.945. The minimum Gasteiger partial charge on any atom is -0.480 e. The lowest BCUT2D eigenvalue weighted by Crippen LogP contribution is -2.61. The molecule has 2 aliphatic rings. The highest BCUT2D eigenvalue weighted by Gasteiger charge is 2.42. The first-order valence-electron chi connectivity index (χ1n) is 10.2. The predicted octanol–water partition coefficient (Wildman–Crippen LogP) is 1.45. The molecule has 1 aromatic rings. The van der Waals surface area contributed by atoms with E-state index in [-0.39, 0.29) is 16.9 Å². The monoisotopic (exact) mass is 433 g/mol. The molecular formula is C21H27N3O5S. The second-order valence-corrected chi connectivity index (χ2v) is 9.00. The van der Waals surface area contributed by atoms with Crippen LogP contribution in [0.5, 0.6) is 0 Å². The van der Waals surface area contributed by atoms with Gasteiger partial charge in [-0.1, -0.05) is 42.1 Å². The van der Waals surface area contributed by atoms with E-state index in [9.17, 15) is 24.3 Å². The van der Waals surface area contributed by atoms with E-state index in [1.807, 2.05) is 30.3 Å². The first-order chi connectivity index (χ1) is 14.4. The summed E-state index contributed by atoms with van der Waals surface area (Å²) in [5.41, 5.74) is 0.923. The fourth-order valence-corrected chi connectivity index (χ4v) is 4.86. The van der Waals surface area contributed by atoms with Crippen molar-refractivity contribution in [2.75, 3.05) is 13.1 Å². The van der Waals surface area contributed by atoms with E-state index < -0.39 is 23.3 Å². The average molecular weight is 434 g/mol. The van der Waals surface area contributed by atoms with E-state index in [0.717, 1.165) is 17.3 Å². The molecule has 2 heterocycles. The minimum absolute atomic E-state index is 0.175. The Morgan fingerprint density at radius 1 is 1.17 bits per heavy atom. The highest BCUT2D eigenvalue weighted by Crippen LogP contribution is 2.25. The Kier molecular flexibility index (Phi) is 7.49. The number of rotatable bonds is 6. The van der Waals surface area contributed by atoms with Crippen LogP contribution in [0, 0.1) is 0 Å². The van der Waals surface area contributed by atoms with Crippen molar-refractivity contribution in [2.45, 2.75) is 56.4 Å². The topological polar surface area (TPSA) is 107 Å². The highest BCUT2D eigenvalue weighted by molar-refractivity contribution is 8.14. The molecule has 30 heavy (non-hydrogen) atoms. The lowest BCUT2D eigenvalue weighted by Gasteiger charge is -2.42. The third-order valence-electron chi connectivity index (χ3n) is 5.39. The molecule has 0 radical (unpaired) electrons. The van der Waals surface area contributed by atoms with E-state index in [0.29, 0.717) is 45.2 Å². The third kappa shape index (κ3) is 5.40. The summed E-state index contributed by atoms with van der Waals surface area (Å²) < 4.78 is 0. The van der Waals surface area contributed by atoms with Gasteiger partial charge in [-0.2, -0.15) is 0 Å². The molecule has 2 fully saturated rings. The van der Waals surface area contributed by atoms with Gasteiger partial charge in [0.1, 0.15) is 12.1 Å². The molecule has 2 amide bonds. The van der Waals surface area contributed by atoms with Gasteiger partial charge in [0.05, 0.1) is 5.25 Å². The van der Waals surface area contributed by atoms with Crippen LogP contribution in [0.15, 0.2) is 30.3 Å². The van der Waals surface area contributed by atoms with Crippen molar-refractivity contribution < 1.29 is 24.3 Å². The van der Waals surface area contributed by atoms with Crippen molar-refractivity contribution in [1.82, 2.24) is 15.3 Å². The van der Waals surface area contributed by atoms with E-state index in [4.69, 9.17) is 0 Å². The van der Waals surface area contributed by atoms with Gasteiger partial charge in [-0.25, -0.2) is 9.80 Å². The molecule has 0 bridgehead atoms. The van der Waals surface area contributed by atoms with Crippen molar-refractivity contribution in [3.05, 3.63) is 35.9 Å². The number of hydrogen-bond acceptors (Lipinski definition) is 6. The van der Waals surface area contributed by atoms with E-state index >= 15 is 0 Å². The maximum absolute atomic E-state index is 13.2. The molecule has 8 nitrogen and oxygen atoms in total. The van der Waals surface area contributed by atoms with Gasteiger partial charge < -0.3 is 10.4 Å². The maximum Gasteiger partial charge on any atom is 0.328 e. The average Bonchev–Trinajstić information content (AvgIpc) is 2.87. The summed E-state index contributed by atoms with van der Waals surface area (Å²) in [4.78, 5) is 49.5. The fraction of sp³-hybridized carbons (Fsp3) is 0.524. The quantitative estimate of drug-likeness (QED) is 0.699. The van der Waals surface area contributed by atoms with E-state index in [1.54, 1.807) is 5.01 Å². The van der Waals surface area contributed by atoms with Crippen LogP contribution >= 0.6 is 11.8 Å². The normalized spacial score (nSPS) is 23.2. The van der Waals surface area contributed by atoms with Gasteiger partial charge in [-0.3, -0.25) is 19.4 Å². The summed E-state index contributed by atoms with van der Waals surface area (Å²) in [6.45, 7) is 2.63. The Bertz CT molecular complexity index is 803. The Morgan fingerprint density at radius 3 is 2.47 bits per heavy atom. The van der Waals surface area contributed by atoms with Crippen LogP contribution in [-0.4, -0.2) is 68.4 Å². The molecule has 162 valence electrons. The minimum atomic E-state index is -1.03. The highest BCUT2D eigenvalue weighted by atomic mass is 32.2. The molecule has 2 N–H and O–H groups in total. The molecule has 1 unspecified atom stereocenters. The molecule has 0 saturated carbocycles. The Labute approximate surface area is 179 Å². The molecule has 0 aromatic heterocycles. The summed E-state index contributed by atoms with van der Waals surface area (Å²) in [6.07, 6.45) is 2.59. The largest absolute Gasteiger partial charge is 0.480 e. The van der Waals surface area contributed by atoms with E-state index in [2.05, 4.69) is 5.32 Å². The number of fused-ring (bicyclic) bond motifs is 1. The standard InChI is InChI=1S/C21H27N3O5S/c1-14(25)30-18(13-15-7-3-2-4-8-15)19(26)22-16-9-5-11-23-12-6-10-17(21(28)29)24(23)20(16)27/h2-4,7-8,16-18H,5-6,9-13H2,1H3,(H,22,26)(H,28,29)/t16?,17-,18+/m1/s1. The number of benzene rings is 1. The van der Waals surface area contributed by atoms with Gasteiger partial charge in [0.25, 0.3) is 5.91 Å². The lowest BCUT2D eigenvalue weighted by atomic mass is 10.1. The molecule has 2 aliphatic heterocycles. The second kappa shape index (κ2) is 10.1. The second-order valence-electron chi connectivity index (χ2n) is 7.62. The van der Waals surface area contributed by atoms with Crippen molar-refractivity contribution in [3.8, 4) is 0 Å². The number of hydrazine groups is 1. The number of carbonyl (C=O) groups is 4. The van der Waals surface area contributed by atoms with Crippen molar-refractivity contribution in [2.24, 2.45) is 0 Å². The fourth-order valence-electron chi connectivity index (χ4n) is 4.01. The van der Waals surface area contributed by atoms with Crippen LogP contribution < -0.4 is 5.32 Å². The number of carboxylic acids is 1. The van der Waals surface area contributed by atoms with Gasteiger partial charge in [0.15, 0.2) is 5.12 Å². The number of nitrogens with one attached hydrogen (secondary N) is 1. The molecule has 0 aliphatic carbocycles. The van der Waals surface area contributed by atoms with Crippen LogP contribution in [0.1, 0.15) is 38.2 Å². The van der Waals surface area contributed by atoms with Gasteiger partial charge >= 0.3 is 5.97 Å². The predicted molar refractivity (Wildman–Crippen MR) is 112 cm³/mol. The summed E-state index contributed by atoms with van der Waals surface area (Å²) in [7, 11) is 0. The SMILES string of the molecule is CC(=O)S[C@@H](Cc1ccccc1)C(=O)NC1CCCN2CCC[C@H](C(=O)O)N2C1=O. The molecule has 2 saturated heterocycles. The van der Waals surface area contributed by atoms with Crippen LogP contribution in [0.3, 0.4) is 0 Å². The summed E-state index contributed by atoms with van der Waals surface area (Å²) in [6, 6.07) is 7.69. The first kappa shape index (κ1) is 22.3. The zero-order valence-electron chi connectivity index (χ0n) is 17.0. The number of carbonyl (C=O) groups excluding carboxylic acids is 3. The van der Waals surface area contributed by atoms with Gasteiger partial charge in [0.2, 0.25) is 5.91 Å². The van der Waals surface area contributed by atoms with Crippen LogP contribution in [0.25, 0.3) is 0 Å². The first-order valence-corrected chi connectivity index (χ1v) is 11.1. The molecular weight excluding hydrogens is 406 g/mol. The smallest absolute Gasteiger partial charge is 0.328 e. The summed E-state index contributed by atoms with van der Waals surface area (Å²) in [5, 5.41) is 14.7. The third-order valence-corrected chi connectivity index (χ3v) is 6.39. The number of amides is 2. The van der Waals surface area contributed by atoms with Crippen LogP contribution in [0.4, 0.5) is 0 Å². The molecule has 3 rings (SSSR count). The maximum atomic E-state index is 13.2. The molecule has 9 heteroatoms. The van der Waals surface area contributed by atoms with Crippen LogP contribution in [-0.2, 0) is 25.6 Å². The molecule has 1 aromatic carbocycles. The van der Waals surface area contributed by atoms with Crippen LogP contribution in [0.2, 0.25) is 0 Å². The number of aliphatic carboxylic acids is 1. The Hall–Kier alpha value is -2.39. The number of nitrogens with zero attached hydrogens (tertiary/aromatic N) is 2. The van der Waals surface area contributed by atoms with Crippen molar-refractivity contribution in [1.29, 1.82) is 0 Å². The van der Waals surface area contributed by atoms with Crippen molar-refractivity contribution in [3.63, 3.8) is 0 Å².